The summed E-state index contributed by atoms with van der Waals surface area (Å²) in [4.78, 5) is 25.5. The zero-order valence-corrected chi connectivity index (χ0v) is 11.7. The van der Waals surface area contributed by atoms with Gasteiger partial charge in [-0.3, -0.25) is 14.5 Å². The van der Waals surface area contributed by atoms with Gasteiger partial charge in [0.05, 0.1) is 11.1 Å². The van der Waals surface area contributed by atoms with Crippen molar-refractivity contribution in [2.45, 2.75) is 40.7 Å². The van der Waals surface area contributed by atoms with E-state index in [1.807, 2.05) is 34.6 Å². The second-order valence-electron chi connectivity index (χ2n) is 4.51. The van der Waals surface area contributed by atoms with E-state index in [-0.39, 0.29) is 23.8 Å². The van der Waals surface area contributed by atoms with Gasteiger partial charge in [-0.05, 0) is 25.0 Å². The fourth-order valence-electron chi connectivity index (χ4n) is 1.88. The predicted molar refractivity (Wildman–Crippen MR) is 72.6 cm³/mol. The van der Waals surface area contributed by atoms with Crippen LogP contribution in [0.4, 0.5) is 0 Å². The Balaban J connectivity index is 0.000000771. The minimum Gasteiger partial charge on any atom is -0.271 e. The fourth-order valence-corrected chi connectivity index (χ4v) is 1.88. The molecule has 0 aromatic heterocycles. The summed E-state index contributed by atoms with van der Waals surface area (Å²) < 4.78 is 0. The highest BCUT2D eigenvalue weighted by Gasteiger charge is 2.38. The smallest absolute Gasteiger partial charge is 0.261 e. The number of amides is 2. The number of hydrogen-bond donors (Lipinski definition) is 0. The van der Waals surface area contributed by atoms with E-state index in [0.717, 1.165) is 0 Å². The normalized spacial score (nSPS) is 15.3. The molecule has 98 valence electrons. The molecule has 1 aliphatic rings. The molecule has 3 nitrogen and oxygen atoms in total. The zero-order valence-electron chi connectivity index (χ0n) is 11.7. The fraction of sp³-hybridized carbons (Fsp3) is 0.467. The van der Waals surface area contributed by atoms with Crippen molar-refractivity contribution < 1.29 is 9.59 Å². The minimum absolute atomic E-state index is 0.0626. The lowest BCUT2D eigenvalue weighted by atomic mass is 10.1. The van der Waals surface area contributed by atoms with E-state index in [2.05, 4.69) is 0 Å². The standard InChI is InChI=1S/C13H15NO2.C2H6/c1-8(2)9(3)14-12(15)10-6-4-5-7-11(10)13(14)16;1-2/h4-9H,1-3H3;1-2H3. The Kier molecular flexibility index (Phi) is 4.65. The van der Waals surface area contributed by atoms with Crippen molar-refractivity contribution in [1.82, 2.24) is 4.90 Å². The topological polar surface area (TPSA) is 37.4 Å². The third kappa shape index (κ3) is 2.30. The first kappa shape index (κ1) is 14.4. The number of carbonyl (C=O) groups excluding carboxylic acids is 2. The number of imide groups is 1. The molecule has 1 aromatic rings. The molecule has 1 aromatic carbocycles. The van der Waals surface area contributed by atoms with Gasteiger partial charge in [0, 0.05) is 6.04 Å². The lowest BCUT2D eigenvalue weighted by Crippen LogP contribution is -2.40. The molecule has 0 saturated heterocycles. The number of rotatable bonds is 2. The van der Waals surface area contributed by atoms with E-state index in [4.69, 9.17) is 0 Å². The number of hydrogen-bond acceptors (Lipinski definition) is 2. The highest BCUT2D eigenvalue weighted by Crippen LogP contribution is 2.26. The first-order chi connectivity index (χ1) is 8.54. The minimum atomic E-state index is -0.165. The third-order valence-electron chi connectivity index (χ3n) is 3.20. The Labute approximate surface area is 109 Å². The van der Waals surface area contributed by atoms with Crippen LogP contribution in [0, 0.1) is 5.92 Å². The zero-order chi connectivity index (χ0) is 13.9. The third-order valence-corrected chi connectivity index (χ3v) is 3.20. The maximum Gasteiger partial charge on any atom is 0.261 e. The Morgan fingerprint density at radius 2 is 1.28 bits per heavy atom. The molecule has 0 radical (unpaired) electrons. The maximum absolute atomic E-state index is 12.1. The molecule has 2 amide bonds. The average molecular weight is 247 g/mol. The molecule has 0 saturated carbocycles. The van der Waals surface area contributed by atoms with Gasteiger partial charge in [-0.1, -0.05) is 39.8 Å². The van der Waals surface area contributed by atoms with Crippen molar-refractivity contribution in [2.75, 3.05) is 0 Å². The van der Waals surface area contributed by atoms with Crippen LogP contribution in [0.5, 0.6) is 0 Å². The summed E-state index contributed by atoms with van der Waals surface area (Å²) in [5.74, 6) is -0.0641. The Morgan fingerprint density at radius 3 is 1.61 bits per heavy atom. The number of nitrogens with zero attached hydrogens (tertiary/aromatic N) is 1. The quantitative estimate of drug-likeness (QED) is 0.751. The highest BCUT2D eigenvalue weighted by atomic mass is 16.2. The first-order valence-electron chi connectivity index (χ1n) is 6.51. The van der Waals surface area contributed by atoms with E-state index in [1.54, 1.807) is 24.3 Å². The molecule has 1 heterocycles. The van der Waals surface area contributed by atoms with Gasteiger partial charge in [-0.2, -0.15) is 0 Å². The van der Waals surface area contributed by atoms with Crippen molar-refractivity contribution in [3.63, 3.8) is 0 Å². The van der Waals surface area contributed by atoms with Crippen LogP contribution in [-0.4, -0.2) is 22.8 Å². The summed E-state index contributed by atoms with van der Waals surface area (Å²) in [7, 11) is 0. The van der Waals surface area contributed by atoms with E-state index in [1.165, 1.54) is 4.90 Å². The monoisotopic (exact) mass is 247 g/mol. The number of benzene rings is 1. The van der Waals surface area contributed by atoms with Crippen LogP contribution in [0.2, 0.25) is 0 Å². The lowest BCUT2D eigenvalue weighted by molar-refractivity contribution is 0.0559. The lowest BCUT2D eigenvalue weighted by Gasteiger charge is -2.25. The summed E-state index contributed by atoms with van der Waals surface area (Å²) in [6.45, 7) is 9.93. The van der Waals surface area contributed by atoms with Crippen LogP contribution < -0.4 is 0 Å². The van der Waals surface area contributed by atoms with E-state index in [9.17, 15) is 9.59 Å². The molecular weight excluding hydrogens is 226 g/mol. The van der Waals surface area contributed by atoms with Gasteiger partial charge < -0.3 is 0 Å². The van der Waals surface area contributed by atoms with Crippen LogP contribution >= 0.6 is 0 Å². The molecule has 0 spiro atoms. The Bertz CT molecular complexity index is 417. The van der Waals surface area contributed by atoms with Crippen molar-refractivity contribution in [3.05, 3.63) is 35.4 Å². The average Bonchev–Trinajstić information content (AvgIpc) is 2.64. The molecule has 18 heavy (non-hydrogen) atoms. The molecule has 1 aliphatic heterocycles. The van der Waals surface area contributed by atoms with Crippen LogP contribution in [0.1, 0.15) is 55.3 Å². The Morgan fingerprint density at radius 1 is 0.889 bits per heavy atom. The van der Waals surface area contributed by atoms with Gasteiger partial charge >= 0.3 is 0 Å². The molecule has 3 heteroatoms. The molecule has 0 N–H and O–H groups in total. The van der Waals surface area contributed by atoms with Gasteiger partial charge in [-0.25, -0.2) is 0 Å². The molecular formula is C15H21NO2. The molecule has 0 aliphatic carbocycles. The second-order valence-corrected chi connectivity index (χ2v) is 4.51. The van der Waals surface area contributed by atoms with Gasteiger partial charge in [0.1, 0.15) is 0 Å². The van der Waals surface area contributed by atoms with Crippen molar-refractivity contribution in [2.24, 2.45) is 5.92 Å². The Hall–Kier alpha value is -1.64. The number of carbonyl (C=O) groups is 2. The van der Waals surface area contributed by atoms with Crippen molar-refractivity contribution >= 4 is 11.8 Å². The van der Waals surface area contributed by atoms with Gasteiger partial charge in [0.15, 0.2) is 0 Å². The largest absolute Gasteiger partial charge is 0.271 e. The molecule has 1 unspecified atom stereocenters. The molecule has 2 rings (SSSR count). The molecule has 1 atom stereocenters. The van der Waals surface area contributed by atoms with Gasteiger partial charge in [0.25, 0.3) is 11.8 Å². The summed E-state index contributed by atoms with van der Waals surface area (Å²) in [5, 5.41) is 0. The highest BCUT2D eigenvalue weighted by molar-refractivity contribution is 6.21. The molecule has 0 bridgehead atoms. The number of fused-ring (bicyclic) bond motifs is 1. The van der Waals surface area contributed by atoms with E-state index >= 15 is 0 Å². The van der Waals surface area contributed by atoms with Crippen molar-refractivity contribution in [1.29, 1.82) is 0 Å². The van der Waals surface area contributed by atoms with Crippen LogP contribution in [-0.2, 0) is 0 Å². The van der Waals surface area contributed by atoms with E-state index in [0.29, 0.717) is 11.1 Å². The summed E-state index contributed by atoms with van der Waals surface area (Å²) in [6.07, 6.45) is 0. The predicted octanol–water partition coefficient (Wildman–Crippen LogP) is 3.35. The van der Waals surface area contributed by atoms with Gasteiger partial charge in [0.2, 0.25) is 0 Å². The van der Waals surface area contributed by atoms with Crippen LogP contribution in [0.3, 0.4) is 0 Å². The first-order valence-corrected chi connectivity index (χ1v) is 6.51. The van der Waals surface area contributed by atoms with Crippen molar-refractivity contribution in [3.8, 4) is 0 Å². The summed E-state index contributed by atoms with van der Waals surface area (Å²) in [5.41, 5.74) is 1.06. The van der Waals surface area contributed by atoms with Crippen LogP contribution in [0.15, 0.2) is 24.3 Å². The van der Waals surface area contributed by atoms with E-state index < -0.39 is 0 Å². The maximum atomic E-state index is 12.1. The summed E-state index contributed by atoms with van der Waals surface area (Å²) >= 11 is 0. The molecule has 0 fully saturated rings. The second kappa shape index (κ2) is 5.80. The summed E-state index contributed by atoms with van der Waals surface area (Å²) in [6, 6.07) is 6.93. The van der Waals surface area contributed by atoms with Crippen LogP contribution in [0.25, 0.3) is 0 Å². The van der Waals surface area contributed by atoms with Gasteiger partial charge in [-0.15, -0.1) is 0 Å². The SMILES string of the molecule is CC.CC(C)C(C)N1C(=O)c2ccccc2C1=O.